The van der Waals surface area contributed by atoms with Gasteiger partial charge in [0.25, 0.3) is 0 Å². The van der Waals surface area contributed by atoms with Gasteiger partial charge in [-0.2, -0.15) is 0 Å². The molecule has 2 N–H and O–H groups in total. The second-order valence-electron chi connectivity index (χ2n) is 6.02. The molecule has 0 bridgehead atoms. The SMILES string of the molecule is CCCCNC(=NCc1nnc(C)n1C)NCCOc1ccc(F)cc1F.I. The van der Waals surface area contributed by atoms with Crippen LogP contribution in [0, 0.1) is 18.6 Å². The third-order valence-corrected chi connectivity index (χ3v) is 3.93. The van der Waals surface area contributed by atoms with Crippen LogP contribution in [0.3, 0.4) is 0 Å². The number of hydrogen-bond acceptors (Lipinski definition) is 4. The van der Waals surface area contributed by atoms with E-state index in [1.807, 2.05) is 18.5 Å². The number of aromatic nitrogens is 3. The lowest BCUT2D eigenvalue weighted by atomic mass is 10.3. The average Bonchev–Trinajstić information content (AvgIpc) is 2.96. The van der Waals surface area contributed by atoms with Gasteiger partial charge in [-0.25, -0.2) is 13.8 Å². The van der Waals surface area contributed by atoms with Crippen molar-refractivity contribution in [2.75, 3.05) is 19.7 Å². The van der Waals surface area contributed by atoms with Crippen molar-refractivity contribution in [3.05, 3.63) is 41.5 Å². The number of nitrogens with one attached hydrogen (secondary N) is 2. The highest BCUT2D eigenvalue weighted by atomic mass is 127. The minimum absolute atomic E-state index is 0. The summed E-state index contributed by atoms with van der Waals surface area (Å²) in [6, 6.07) is 3.23. The Hall–Kier alpha value is -1.98. The Labute approximate surface area is 181 Å². The van der Waals surface area contributed by atoms with Crippen molar-refractivity contribution in [1.29, 1.82) is 0 Å². The molecular formula is C18H27F2IN6O. The van der Waals surface area contributed by atoms with E-state index >= 15 is 0 Å². The van der Waals surface area contributed by atoms with Gasteiger partial charge in [0.1, 0.15) is 24.8 Å². The lowest BCUT2D eigenvalue weighted by Gasteiger charge is -2.13. The van der Waals surface area contributed by atoms with Gasteiger partial charge in [-0.1, -0.05) is 13.3 Å². The minimum Gasteiger partial charge on any atom is -0.489 e. The number of hydrogen-bond donors (Lipinski definition) is 2. The van der Waals surface area contributed by atoms with Crippen LogP contribution in [0.2, 0.25) is 0 Å². The van der Waals surface area contributed by atoms with Gasteiger partial charge in [-0.05, 0) is 25.5 Å². The molecule has 2 aromatic rings. The molecule has 1 aromatic heterocycles. The smallest absolute Gasteiger partial charge is 0.191 e. The summed E-state index contributed by atoms with van der Waals surface area (Å²) in [7, 11) is 1.89. The van der Waals surface area contributed by atoms with E-state index in [4.69, 9.17) is 4.74 Å². The van der Waals surface area contributed by atoms with Gasteiger partial charge in [-0.15, -0.1) is 34.2 Å². The number of aryl methyl sites for hydroxylation is 1. The van der Waals surface area contributed by atoms with E-state index in [-0.39, 0.29) is 36.3 Å². The monoisotopic (exact) mass is 508 g/mol. The fourth-order valence-corrected chi connectivity index (χ4v) is 2.22. The summed E-state index contributed by atoms with van der Waals surface area (Å²) in [5.74, 6) is 0.865. The van der Waals surface area contributed by atoms with Crippen molar-refractivity contribution in [2.24, 2.45) is 12.0 Å². The first-order chi connectivity index (χ1) is 13.0. The summed E-state index contributed by atoms with van der Waals surface area (Å²) in [6.45, 7) is 5.77. The fraction of sp³-hybridized carbons (Fsp3) is 0.500. The molecule has 0 aliphatic carbocycles. The van der Waals surface area contributed by atoms with Crippen molar-refractivity contribution in [2.45, 2.75) is 33.2 Å². The normalized spacial score (nSPS) is 11.1. The maximum atomic E-state index is 13.6. The predicted octanol–water partition coefficient (Wildman–Crippen LogP) is 2.93. The van der Waals surface area contributed by atoms with Gasteiger partial charge in [0.15, 0.2) is 23.4 Å². The van der Waals surface area contributed by atoms with E-state index < -0.39 is 11.6 Å². The zero-order valence-corrected chi connectivity index (χ0v) is 18.7. The van der Waals surface area contributed by atoms with E-state index in [0.29, 0.717) is 19.0 Å². The maximum absolute atomic E-state index is 13.6. The van der Waals surface area contributed by atoms with Crippen LogP contribution in [-0.2, 0) is 13.6 Å². The van der Waals surface area contributed by atoms with Crippen LogP contribution in [0.25, 0.3) is 0 Å². The van der Waals surface area contributed by atoms with Crippen molar-refractivity contribution in [1.82, 2.24) is 25.4 Å². The molecule has 28 heavy (non-hydrogen) atoms. The average molecular weight is 508 g/mol. The summed E-state index contributed by atoms with van der Waals surface area (Å²) in [5, 5.41) is 14.5. The number of rotatable bonds is 9. The predicted molar refractivity (Wildman–Crippen MR) is 115 cm³/mol. The van der Waals surface area contributed by atoms with Crippen LogP contribution in [0.1, 0.15) is 31.4 Å². The lowest BCUT2D eigenvalue weighted by Crippen LogP contribution is -2.40. The number of benzene rings is 1. The molecule has 0 unspecified atom stereocenters. The van der Waals surface area contributed by atoms with Crippen LogP contribution in [-0.4, -0.2) is 40.4 Å². The lowest BCUT2D eigenvalue weighted by molar-refractivity contribution is 0.304. The molecule has 0 radical (unpaired) electrons. The number of ether oxygens (including phenoxy) is 1. The molecule has 2 rings (SSSR count). The highest BCUT2D eigenvalue weighted by molar-refractivity contribution is 14.0. The first-order valence-corrected chi connectivity index (χ1v) is 8.96. The summed E-state index contributed by atoms with van der Waals surface area (Å²) in [5.41, 5.74) is 0. The fourth-order valence-electron chi connectivity index (χ4n) is 2.22. The summed E-state index contributed by atoms with van der Waals surface area (Å²) in [6.07, 6.45) is 2.08. The highest BCUT2D eigenvalue weighted by Gasteiger charge is 2.06. The van der Waals surface area contributed by atoms with E-state index in [9.17, 15) is 8.78 Å². The molecule has 1 heterocycles. The van der Waals surface area contributed by atoms with Crippen LogP contribution in [0.15, 0.2) is 23.2 Å². The Morgan fingerprint density at radius 1 is 1.21 bits per heavy atom. The van der Waals surface area contributed by atoms with Crippen LogP contribution in [0.4, 0.5) is 8.78 Å². The third kappa shape index (κ3) is 7.56. The number of nitrogens with zero attached hydrogens (tertiary/aromatic N) is 4. The Bertz CT molecular complexity index is 769. The molecule has 0 atom stereocenters. The second kappa shape index (κ2) is 12.5. The Balaban J connectivity index is 0.00000392. The molecule has 0 amide bonds. The molecule has 0 spiro atoms. The zero-order chi connectivity index (χ0) is 19.6. The largest absolute Gasteiger partial charge is 0.489 e. The summed E-state index contributed by atoms with van der Waals surface area (Å²) >= 11 is 0. The number of aliphatic imine (C=N–C) groups is 1. The molecule has 0 aliphatic rings. The Kier molecular flexibility index (Phi) is 10.7. The number of unbranched alkanes of at least 4 members (excludes halogenated alkanes) is 1. The summed E-state index contributed by atoms with van der Waals surface area (Å²) < 4.78 is 33.7. The molecule has 0 saturated carbocycles. The highest BCUT2D eigenvalue weighted by Crippen LogP contribution is 2.17. The second-order valence-corrected chi connectivity index (χ2v) is 6.02. The van der Waals surface area contributed by atoms with Gasteiger partial charge in [0.2, 0.25) is 0 Å². The third-order valence-electron chi connectivity index (χ3n) is 3.93. The molecule has 10 heteroatoms. The number of guanidine groups is 1. The first-order valence-electron chi connectivity index (χ1n) is 8.96. The standard InChI is InChI=1S/C18H26F2N6O.HI/c1-4-5-8-21-18(23-12-17-25-24-13(2)26(17)3)22-9-10-27-16-7-6-14(19)11-15(16)20;/h6-7,11H,4-5,8-10,12H2,1-3H3,(H2,21,22,23);1H. The Morgan fingerprint density at radius 2 is 1.96 bits per heavy atom. The minimum atomic E-state index is -0.720. The van der Waals surface area contributed by atoms with Crippen molar-refractivity contribution in [3.63, 3.8) is 0 Å². The molecule has 0 saturated heterocycles. The maximum Gasteiger partial charge on any atom is 0.191 e. The van der Waals surface area contributed by atoms with Crippen molar-refractivity contribution >= 4 is 29.9 Å². The topological polar surface area (TPSA) is 76.4 Å². The molecule has 156 valence electrons. The van der Waals surface area contributed by atoms with Crippen molar-refractivity contribution in [3.8, 4) is 5.75 Å². The van der Waals surface area contributed by atoms with Crippen molar-refractivity contribution < 1.29 is 13.5 Å². The van der Waals surface area contributed by atoms with Crippen LogP contribution in [0.5, 0.6) is 5.75 Å². The van der Waals surface area contributed by atoms with Gasteiger partial charge < -0.3 is 19.9 Å². The van der Waals surface area contributed by atoms with E-state index in [2.05, 4.69) is 32.7 Å². The van der Waals surface area contributed by atoms with Crippen LogP contribution < -0.4 is 15.4 Å². The van der Waals surface area contributed by atoms with Gasteiger partial charge in [0.05, 0.1) is 6.54 Å². The van der Waals surface area contributed by atoms with Gasteiger partial charge in [0, 0.05) is 19.7 Å². The van der Waals surface area contributed by atoms with E-state index in [0.717, 1.165) is 43.2 Å². The van der Waals surface area contributed by atoms with Crippen LogP contribution >= 0.6 is 24.0 Å². The first kappa shape index (κ1) is 24.1. The number of halogens is 3. The molecule has 7 nitrogen and oxygen atoms in total. The molecule has 0 aliphatic heterocycles. The zero-order valence-electron chi connectivity index (χ0n) is 16.3. The van der Waals surface area contributed by atoms with Gasteiger partial charge >= 0.3 is 0 Å². The Morgan fingerprint density at radius 3 is 2.61 bits per heavy atom. The molecule has 0 fully saturated rings. The van der Waals surface area contributed by atoms with Gasteiger partial charge in [-0.3, -0.25) is 0 Å². The van der Waals surface area contributed by atoms with E-state index in [1.54, 1.807) is 0 Å². The molecule has 1 aromatic carbocycles. The molecular weight excluding hydrogens is 481 g/mol. The summed E-state index contributed by atoms with van der Waals surface area (Å²) in [4.78, 5) is 4.51. The van der Waals surface area contributed by atoms with E-state index in [1.165, 1.54) is 6.07 Å². The quantitative estimate of drug-likeness (QED) is 0.236.